The molecule has 1 rings (SSSR count). The van der Waals surface area contributed by atoms with Gasteiger partial charge in [0.25, 0.3) is 0 Å². The fraction of sp³-hybridized carbons (Fsp3) is 0.917. The minimum absolute atomic E-state index is 0.263. The lowest BCUT2D eigenvalue weighted by Gasteiger charge is -2.29. The van der Waals surface area contributed by atoms with Gasteiger partial charge in [-0.05, 0) is 26.1 Å². The highest BCUT2D eigenvalue weighted by Gasteiger charge is 2.26. The van der Waals surface area contributed by atoms with Gasteiger partial charge in [0.2, 0.25) is 0 Å². The summed E-state index contributed by atoms with van der Waals surface area (Å²) in [6, 6.07) is 3.01. The molecule has 2 nitrogen and oxygen atoms in total. The molecule has 1 fully saturated rings. The smallest absolute Gasteiger partial charge is 0.0672 e. The third-order valence-electron chi connectivity index (χ3n) is 3.36. The average molecular weight is 226 g/mol. The van der Waals surface area contributed by atoms with Crippen molar-refractivity contribution in [1.82, 2.24) is 4.90 Å². The maximum absolute atomic E-state index is 9.18. The Hall–Kier alpha value is -0.200. The van der Waals surface area contributed by atoms with Crippen LogP contribution in [0.4, 0.5) is 0 Å². The average Bonchev–Trinajstić information content (AvgIpc) is 2.50. The summed E-state index contributed by atoms with van der Waals surface area (Å²) in [4.78, 5) is 2.40. The summed E-state index contributed by atoms with van der Waals surface area (Å²) >= 11 is 1.88. The lowest BCUT2D eigenvalue weighted by Crippen LogP contribution is -2.38. The Bertz CT molecular complexity index is 212. The Morgan fingerprint density at radius 3 is 2.73 bits per heavy atom. The van der Waals surface area contributed by atoms with Crippen molar-refractivity contribution in [2.24, 2.45) is 5.92 Å². The van der Waals surface area contributed by atoms with Crippen LogP contribution in [0.3, 0.4) is 0 Å². The number of hydrogen-bond donors (Lipinski definition) is 0. The summed E-state index contributed by atoms with van der Waals surface area (Å²) in [6.45, 7) is 1.12. The third kappa shape index (κ3) is 4.04. The van der Waals surface area contributed by atoms with Crippen LogP contribution in [0.1, 0.15) is 32.1 Å². The van der Waals surface area contributed by atoms with Gasteiger partial charge in [-0.3, -0.25) is 0 Å². The van der Waals surface area contributed by atoms with Crippen molar-refractivity contribution in [2.45, 2.75) is 38.1 Å². The van der Waals surface area contributed by atoms with Gasteiger partial charge in [0, 0.05) is 18.3 Å². The van der Waals surface area contributed by atoms with Gasteiger partial charge in [0.15, 0.2) is 0 Å². The molecule has 0 N–H and O–H groups in total. The van der Waals surface area contributed by atoms with Crippen LogP contribution < -0.4 is 0 Å². The van der Waals surface area contributed by atoms with E-state index in [2.05, 4.69) is 24.3 Å². The van der Waals surface area contributed by atoms with E-state index in [0.29, 0.717) is 6.04 Å². The number of hydrogen-bond acceptors (Lipinski definition) is 3. The normalized spacial score (nSPS) is 27.3. The maximum Gasteiger partial charge on any atom is 0.0672 e. The first-order valence-corrected chi connectivity index (χ1v) is 7.27. The van der Waals surface area contributed by atoms with Gasteiger partial charge in [-0.15, -0.1) is 0 Å². The van der Waals surface area contributed by atoms with Gasteiger partial charge < -0.3 is 4.90 Å². The minimum Gasteiger partial charge on any atom is -0.301 e. The molecule has 0 aromatic carbocycles. The predicted octanol–water partition coefficient (Wildman–Crippen LogP) is 2.75. The summed E-state index contributed by atoms with van der Waals surface area (Å²) < 4.78 is 0. The van der Waals surface area contributed by atoms with Crippen LogP contribution in [0.5, 0.6) is 0 Å². The summed E-state index contributed by atoms with van der Waals surface area (Å²) in [5.41, 5.74) is 0. The van der Waals surface area contributed by atoms with Gasteiger partial charge in [-0.1, -0.05) is 19.3 Å². The van der Waals surface area contributed by atoms with E-state index in [1.54, 1.807) is 0 Å². The molecule has 2 unspecified atom stereocenters. The van der Waals surface area contributed by atoms with Crippen molar-refractivity contribution < 1.29 is 0 Å². The lowest BCUT2D eigenvalue weighted by molar-refractivity contribution is 0.201. The molecule has 0 saturated heterocycles. The Labute approximate surface area is 98.0 Å². The molecule has 0 radical (unpaired) electrons. The van der Waals surface area contributed by atoms with Crippen LogP contribution in [0.15, 0.2) is 0 Å². The van der Waals surface area contributed by atoms with Gasteiger partial charge in [-0.25, -0.2) is 0 Å². The molecule has 1 aliphatic carbocycles. The van der Waals surface area contributed by atoms with Gasteiger partial charge in [0.05, 0.1) is 12.0 Å². The van der Waals surface area contributed by atoms with Crippen LogP contribution in [0.25, 0.3) is 0 Å². The monoisotopic (exact) mass is 226 g/mol. The first-order valence-electron chi connectivity index (χ1n) is 5.88. The van der Waals surface area contributed by atoms with Crippen molar-refractivity contribution in [1.29, 1.82) is 5.26 Å². The van der Waals surface area contributed by atoms with E-state index < -0.39 is 0 Å². The van der Waals surface area contributed by atoms with Crippen LogP contribution in [-0.2, 0) is 0 Å². The second kappa shape index (κ2) is 7.14. The highest BCUT2D eigenvalue weighted by molar-refractivity contribution is 7.98. The summed E-state index contributed by atoms with van der Waals surface area (Å²) in [7, 11) is 2.18. The van der Waals surface area contributed by atoms with E-state index in [4.69, 9.17) is 0 Å². The van der Waals surface area contributed by atoms with Crippen LogP contribution >= 0.6 is 11.8 Å². The Morgan fingerprint density at radius 2 is 2.07 bits per heavy atom. The lowest BCUT2D eigenvalue weighted by atomic mass is 9.95. The summed E-state index contributed by atoms with van der Waals surface area (Å²) in [5.74, 6) is 1.44. The molecule has 3 heteroatoms. The predicted molar refractivity (Wildman–Crippen MR) is 67.0 cm³/mol. The zero-order valence-electron chi connectivity index (χ0n) is 9.91. The zero-order valence-corrected chi connectivity index (χ0v) is 10.7. The molecular weight excluding hydrogens is 204 g/mol. The highest BCUT2D eigenvalue weighted by Crippen LogP contribution is 2.26. The molecule has 0 spiro atoms. The fourth-order valence-electron chi connectivity index (χ4n) is 2.37. The van der Waals surface area contributed by atoms with Crippen molar-refractivity contribution in [3.63, 3.8) is 0 Å². The van der Waals surface area contributed by atoms with E-state index in [0.717, 1.165) is 13.0 Å². The molecular formula is C12H22N2S. The van der Waals surface area contributed by atoms with Crippen molar-refractivity contribution in [3.8, 4) is 6.07 Å². The van der Waals surface area contributed by atoms with E-state index in [1.165, 1.54) is 31.4 Å². The van der Waals surface area contributed by atoms with E-state index in [1.807, 2.05) is 11.8 Å². The highest BCUT2D eigenvalue weighted by atomic mass is 32.2. The topological polar surface area (TPSA) is 27.0 Å². The Morgan fingerprint density at radius 1 is 1.33 bits per heavy atom. The summed E-state index contributed by atoms with van der Waals surface area (Å²) in [6.07, 6.45) is 8.30. The van der Waals surface area contributed by atoms with Gasteiger partial charge in [-0.2, -0.15) is 17.0 Å². The maximum atomic E-state index is 9.18. The molecule has 1 saturated carbocycles. The van der Waals surface area contributed by atoms with Gasteiger partial charge in [0.1, 0.15) is 0 Å². The van der Waals surface area contributed by atoms with Crippen molar-refractivity contribution in [3.05, 3.63) is 0 Å². The fourth-order valence-corrected chi connectivity index (χ4v) is 2.84. The van der Waals surface area contributed by atoms with E-state index in [-0.39, 0.29) is 5.92 Å². The second-order valence-electron chi connectivity index (χ2n) is 4.41. The van der Waals surface area contributed by atoms with Crippen LogP contribution in [0.2, 0.25) is 0 Å². The molecule has 0 aliphatic heterocycles. The SMILES string of the molecule is CSCCN(C)C1CCCCCC1C#N. The largest absolute Gasteiger partial charge is 0.301 e. The minimum atomic E-state index is 0.263. The quantitative estimate of drug-likeness (QED) is 0.690. The molecule has 15 heavy (non-hydrogen) atoms. The molecule has 1 aliphatic rings. The zero-order chi connectivity index (χ0) is 11.1. The molecule has 0 bridgehead atoms. The van der Waals surface area contributed by atoms with Crippen LogP contribution in [-0.4, -0.2) is 36.5 Å². The molecule has 0 aromatic rings. The first kappa shape index (κ1) is 12.9. The molecule has 0 heterocycles. The molecule has 86 valence electrons. The first-order chi connectivity index (χ1) is 7.29. The third-order valence-corrected chi connectivity index (χ3v) is 3.95. The van der Waals surface area contributed by atoms with E-state index in [9.17, 15) is 5.26 Å². The number of nitriles is 1. The molecule has 2 atom stereocenters. The van der Waals surface area contributed by atoms with Crippen molar-refractivity contribution >= 4 is 11.8 Å². The second-order valence-corrected chi connectivity index (χ2v) is 5.40. The van der Waals surface area contributed by atoms with Gasteiger partial charge >= 0.3 is 0 Å². The number of rotatable bonds is 4. The molecule has 0 aromatic heterocycles. The standard InChI is InChI=1S/C12H22N2S/c1-14(8-9-15-2)12-7-5-3-4-6-11(12)10-13/h11-12H,3-9H2,1-2H3. The number of nitrogens with zero attached hydrogens (tertiary/aromatic N) is 2. The van der Waals surface area contributed by atoms with E-state index >= 15 is 0 Å². The summed E-state index contributed by atoms with van der Waals surface area (Å²) in [5, 5.41) is 9.18. The Kier molecular flexibility index (Phi) is 6.12. The van der Waals surface area contributed by atoms with Crippen LogP contribution in [0, 0.1) is 17.2 Å². The molecule has 0 amide bonds. The Balaban J connectivity index is 2.50. The number of thioether (sulfide) groups is 1. The van der Waals surface area contributed by atoms with Crippen molar-refractivity contribution in [2.75, 3.05) is 25.6 Å².